The Balaban J connectivity index is 2.67. The van der Waals surface area contributed by atoms with Crippen LogP contribution in [0.4, 0.5) is 0 Å². The molecule has 2 heteroatoms. The molecule has 0 aliphatic rings. The van der Waals surface area contributed by atoms with Crippen molar-refractivity contribution in [3.05, 3.63) is 42.7 Å². The molecule has 0 bridgehead atoms. The van der Waals surface area contributed by atoms with Crippen molar-refractivity contribution in [3.8, 4) is 0 Å². The Bertz CT molecular complexity index is 398. The average molecular weight is 160 g/mol. The molecule has 2 nitrogen and oxygen atoms in total. The van der Waals surface area contributed by atoms with E-state index in [9.17, 15) is 0 Å². The van der Waals surface area contributed by atoms with E-state index < -0.39 is 0 Å². The fourth-order valence-electron chi connectivity index (χ4n) is 1.23. The maximum Gasteiger partial charge on any atom is 0.230 e. The molecule has 1 aromatic carbocycles. The molecule has 60 valence electrons. The lowest BCUT2D eigenvalue weighted by molar-refractivity contribution is -0.884. The fourth-order valence-corrected chi connectivity index (χ4v) is 1.23. The van der Waals surface area contributed by atoms with Crippen LogP contribution >= 0.6 is 0 Å². The van der Waals surface area contributed by atoms with Crippen LogP contribution in [-0.2, 0) is 0 Å². The normalized spacial score (nSPS) is 10.1. The number of benzene rings is 1. The zero-order chi connectivity index (χ0) is 8.39. The maximum atomic E-state index is 5.04. The van der Waals surface area contributed by atoms with Crippen LogP contribution in [0.3, 0.4) is 0 Å². The zero-order valence-electron chi connectivity index (χ0n) is 6.90. The Labute approximate surface area is 71.0 Å². The zero-order valence-corrected chi connectivity index (χ0v) is 6.90. The molecular formula is C10H10NO+. The van der Waals surface area contributed by atoms with Gasteiger partial charge in [0.15, 0.2) is 0 Å². The van der Waals surface area contributed by atoms with Crippen LogP contribution in [0.2, 0.25) is 0 Å². The fraction of sp³-hybridized carbons (Fsp3) is 0.100. The number of hydrogen-bond donors (Lipinski definition) is 0. The summed E-state index contributed by atoms with van der Waals surface area (Å²) < 4.78 is 1.68. The number of pyridine rings is 1. The summed E-state index contributed by atoms with van der Waals surface area (Å²) in [5, 5.41) is 2.41. The SMILES string of the molecule is CO[n+]1ccc2ccccc2c1. The molecule has 0 amide bonds. The van der Waals surface area contributed by atoms with Gasteiger partial charge < -0.3 is 0 Å². The number of fused-ring (bicyclic) bond motifs is 1. The number of rotatable bonds is 1. The van der Waals surface area contributed by atoms with Crippen molar-refractivity contribution in [3.63, 3.8) is 0 Å². The minimum absolute atomic E-state index is 1.18. The van der Waals surface area contributed by atoms with Gasteiger partial charge in [0.2, 0.25) is 12.4 Å². The van der Waals surface area contributed by atoms with Crippen LogP contribution in [-0.4, -0.2) is 7.11 Å². The van der Waals surface area contributed by atoms with Gasteiger partial charge in [0.1, 0.15) is 7.11 Å². The van der Waals surface area contributed by atoms with Crippen LogP contribution in [0.5, 0.6) is 0 Å². The number of hydrogen-bond acceptors (Lipinski definition) is 1. The third-order valence-corrected chi connectivity index (χ3v) is 1.87. The summed E-state index contributed by atoms with van der Waals surface area (Å²) in [5.74, 6) is 0. The Kier molecular flexibility index (Phi) is 1.67. The lowest BCUT2D eigenvalue weighted by Gasteiger charge is -1.93. The summed E-state index contributed by atoms with van der Waals surface area (Å²) in [7, 11) is 1.65. The maximum absolute atomic E-state index is 5.04. The quantitative estimate of drug-likeness (QED) is 0.571. The van der Waals surface area contributed by atoms with E-state index >= 15 is 0 Å². The minimum atomic E-state index is 1.18. The molecule has 12 heavy (non-hydrogen) atoms. The van der Waals surface area contributed by atoms with Gasteiger partial charge in [-0.2, -0.15) is 0 Å². The lowest BCUT2D eigenvalue weighted by Crippen LogP contribution is -2.39. The molecule has 0 aliphatic heterocycles. The molecular weight excluding hydrogens is 150 g/mol. The Morgan fingerprint density at radius 1 is 1.08 bits per heavy atom. The molecule has 1 aromatic heterocycles. The van der Waals surface area contributed by atoms with Crippen molar-refractivity contribution in [2.45, 2.75) is 0 Å². The monoisotopic (exact) mass is 160 g/mol. The Hall–Kier alpha value is -1.57. The minimum Gasteiger partial charge on any atom is -0.275 e. The van der Waals surface area contributed by atoms with E-state index in [-0.39, 0.29) is 0 Å². The standard InChI is InChI=1S/C10H10NO/c1-12-11-7-6-9-4-2-3-5-10(9)8-11/h2-8H,1H3/q+1. The molecule has 0 unspecified atom stereocenters. The highest BCUT2D eigenvalue weighted by Crippen LogP contribution is 2.08. The van der Waals surface area contributed by atoms with Gasteiger partial charge in [-0.1, -0.05) is 18.2 Å². The van der Waals surface area contributed by atoms with Crippen molar-refractivity contribution in [1.82, 2.24) is 0 Å². The molecule has 0 saturated heterocycles. The van der Waals surface area contributed by atoms with Crippen molar-refractivity contribution < 1.29 is 9.57 Å². The molecule has 0 aliphatic carbocycles. The van der Waals surface area contributed by atoms with Crippen molar-refractivity contribution in [1.29, 1.82) is 0 Å². The lowest BCUT2D eigenvalue weighted by atomic mass is 10.2. The predicted octanol–water partition coefficient (Wildman–Crippen LogP) is 1.19. The predicted molar refractivity (Wildman–Crippen MR) is 46.6 cm³/mol. The second-order valence-electron chi connectivity index (χ2n) is 2.62. The van der Waals surface area contributed by atoms with E-state index in [2.05, 4.69) is 12.1 Å². The third-order valence-electron chi connectivity index (χ3n) is 1.87. The molecule has 0 atom stereocenters. The summed E-state index contributed by atoms with van der Waals surface area (Å²) >= 11 is 0. The summed E-state index contributed by atoms with van der Waals surface area (Å²) in [4.78, 5) is 5.04. The summed E-state index contributed by atoms with van der Waals surface area (Å²) in [6.07, 6.45) is 3.84. The van der Waals surface area contributed by atoms with E-state index in [1.54, 1.807) is 11.8 Å². The van der Waals surface area contributed by atoms with E-state index in [1.807, 2.05) is 30.6 Å². The van der Waals surface area contributed by atoms with Gasteiger partial charge in [0, 0.05) is 10.8 Å². The molecule has 2 rings (SSSR count). The highest BCUT2D eigenvalue weighted by Gasteiger charge is 1.99. The first-order valence-corrected chi connectivity index (χ1v) is 3.85. The van der Waals surface area contributed by atoms with E-state index in [1.165, 1.54) is 10.8 Å². The molecule has 1 heterocycles. The van der Waals surface area contributed by atoms with Crippen LogP contribution in [0, 0.1) is 0 Å². The first kappa shape index (κ1) is 7.10. The largest absolute Gasteiger partial charge is 0.275 e. The second kappa shape index (κ2) is 2.81. The molecule has 0 N–H and O–H groups in total. The van der Waals surface area contributed by atoms with E-state index in [4.69, 9.17) is 4.84 Å². The highest BCUT2D eigenvalue weighted by atomic mass is 16.6. The Morgan fingerprint density at radius 2 is 1.83 bits per heavy atom. The molecule has 2 aromatic rings. The van der Waals surface area contributed by atoms with Gasteiger partial charge >= 0.3 is 0 Å². The van der Waals surface area contributed by atoms with E-state index in [0.29, 0.717) is 0 Å². The van der Waals surface area contributed by atoms with Crippen molar-refractivity contribution in [2.24, 2.45) is 0 Å². The number of nitrogens with zero attached hydrogens (tertiary/aromatic N) is 1. The smallest absolute Gasteiger partial charge is 0.230 e. The molecule has 0 saturated carbocycles. The van der Waals surface area contributed by atoms with Crippen LogP contribution in [0.1, 0.15) is 0 Å². The van der Waals surface area contributed by atoms with Gasteiger partial charge in [-0.3, -0.25) is 4.84 Å². The number of aromatic nitrogens is 1. The summed E-state index contributed by atoms with van der Waals surface area (Å²) in [5.41, 5.74) is 0. The second-order valence-corrected chi connectivity index (χ2v) is 2.62. The molecule has 0 fully saturated rings. The first-order chi connectivity index (χ1) is 5.90. The van der Waals surface area contributed by atoms with Crippen LogP contribution < -0.4 is 9.57 Å². The Morgan fingerprint density at radius 3 is 2.58 bits per heavy atom. The summed E-state index contributed by atoms with van der Waals surface area (Å²) in [6, 6.07) is 10.2. The average Bonchev–Trinajstić information content (AvgIpc) is 2.17. The highest BCUT2D eigenvalue weighted by molar-refractivity contribution is 5.80. The van der Waals surface area contributed by atoms with Gasteiger partial charge in [0.05, 0.1) is 5.39 Å². The van der Waals surface area contributed by atoms with Crippen LogP contribution in [0.25, 0.3) is 10.8 Å². The van der Waals surface area contributed by atoms with Crippen molar-refractivity contribution >= 4 is 10.8 Å². The van der Waals surface area contributed by atoms with Gasteiger partial charge in [0.25, 0.3) is 0 Å². The topological polar surface area (TPSA) is 13.1 Å². The van der Waals surface area contributed by atoms with E-state index in [0.717, 1.165) is 0 Å². The van der Waals surface area contributed by atoms with Gasteiger partial charge in [-0.25, -0.2) is 0 Å². The molecule has 0 spiro atoms. The molecule has 0 radical (unpaired) electrons. The van der Waals surface area contributed by atoms with Crippen molar-refractivity contribution in [2.75, 3.05) is 7.11 Å². The third kappa shape index (κ3) is 1.11. The van der Waals surface area contributed by atoms with Gasteiger partial charge in [-0.05, 0) is 11.5 Å². The summed E-state index contributed by atoms with van der Waals surface area (Å²) in [6.45, 7) is 0. The van der Waals surface area contributed by atoms with Crippen LogP contribution in [0.15, 0.2) is 42.7 Å². The van der Waals surface area contributed by atoms with Gasteiger partial charge in [-0.15, -0.1) is 0 Å². The first-order valence-electron chi connectivity index (χ1n) is 3.85.